The Kier molecular flexibility index (Phi) is 8.65. The zero-order valence-corrected chi connectivity index (χ0v) is 29.4. The molecule has 48 heavy (non-hydrogen) atoms. The Labute approximate surface area is 282 Å². The molecule has 4 bridgehead atoms. The van der Waals surface area contributed by atoms with Crippen LogP contribution >= 0.6 is 0 Å². The number of fused-ring (bicyclic) bond motifs is 4. The van der Waals surface area contributed by atoms with Gasteiger partial charge in [0.25, 0.3) is 15.9 Å². The molecule has 0 saturated carbocycles. The monoisotopic (exact) mass is 669 g/mol. The number of rotatable bonds is 5. The summed E-state index contributed by atoms with van der Waals surface area (Å²) in [6.07, 6.45) is 4.18. The highest BCUT2D eigenvalue weighted by atomic mass is 32.2. The number of sulfonamides is 1. The predicted molar refractivity (Wildman–Crippen MR) is 185 cm³/mol. The Hall–Kier alpha value is -4.58. The minimum atomic E-state index is -4.17. The maximum absolute atomic E-state index is 14.4. The van der Waals surface area contributed by atoms with E-state index in [9.17, 15) is 13.2 Å². The van der Waals surface area contributed by atoms with E-state index in [4.69, 9.17) is 4.74 Å². The van der Waals surface area contributed by atoms with Gasteiger partial charge in [0.1, 0.15) is 12.4 Å². The third-order valence-corrected chi connectivity index (χ3v) is 9.96. The Balaban J connectivity index is 1.43. The number of hydrogen-bond acceptors (Lipinski definition) is 9. The van der Waals surface area contributed by atoms with Gasteiger partial charge in [-0.3, -0.25) is 4.79 Å². The lowest BCUT2D eigenvalue weighted by Gasteiger charge is -2.47. The van der Waals surface area contributed by atoms with Gasteiger partial charge in [0.05, 0.1) is 41.3 Å². The molecule has 0 spiro atoms. The number of ether oxygens (including phenoxy) is 1. The van der Waals surface area contributed by atoms with Crippen molar-refractivity contribution in [3.63, 3.8) is 0 Å². The summed E-state index contributed by atoms with van der Waals surface area (Å²) in [5.41, 5.74) is 4.56. The van der Waals surface area contributed by atoms with Crippen LogP contribution in [0.25, 0.3) is 11.3 Å². The number of carbonyl (C=O) groups excluding carboxylic acids is 1. The van der Waals surface area contributed by atoms with E-state index in [1.54, 1.807) is 35.5 Å². The minimum Gasteiger partial charge on any atom is -0.475 e. The van der Waals surface area contributed by atoms with Crippen LogP contribution in [0.5, 0.6) is 5.88 Å². The van der Waals surface area contributed by atoms with Gasteiger partial charge in [-0.25, -0.2) is 28.1 Å². The van der Waals surface area contributed by atoms with E-state index >= 15 is 0 Å². The molecule has 12 heteroatoms. The van der Waals surface area contributed by atoms with E-state index in [0.717, 1.165) is 35.5 Å². The fraction of sp³-hybridized carbons (Fsp3) is 0.417. The molecule has 1 fully saturated rings. The lowest BCUT2D eigenvalue weighted by molar-refractivity contribution is 0.0505. The Bertz CT molecular complexity index is 1930. The fourth-order valence-corrected chi connectivity index (χ4v) is 7.45. The summed E-state index contributed by atoms with van der Waals surface area (Å²) in [4.78, 5) is 36.6. The van der Waals surface area contributed by atoms with Gasteiger partial charge in [0, 0.05) is 30.3 Å². The maximum Gasteiger partial charge on any atom is 0.264 e. The Morgan fingerprint density at radius 2 is 1.65 bits per heavy atom. The minimum absolute atomic E-state index is 0.0819. The first-order valence-electron chi connectivity index (χ1n) is 16.2. The van der Waals surface area contributed by atoms with Gasteiger partial charge in [-0.1, -0.05) is 58.9 Å². The average Bonchev–Trinajstić information content (AvgIpc) is 3.00. The van der Waals surface area contributed by atoms with Crippen molar-refractivity contribution in [2.75, 3.05) is 29.3 Å². The number of hydrogen-bond donors (Lipinski definition) is 1. The van der Waals surface area contributed by atoms with Crippen LogP contribution in [0.2, 0.25) is 0 Å². The highest BCUT2D eigenvalue weighted by Crippen LogP contribution is 2.34. The van der Waals surface area contributed by atoms with Crippen LogP contribution in [-0.4, -0.2) is 64.9 Å². The van der Waals surface area contributed by atoms with Crippen LogP contribution in [0, 0.1) is 24.7 Å². The molecule has 11 nitrogen and oxygen atoms in total. The third kappa shape index (κ3) is 7.28. The number of amides is 1. The number of aromatic nitrogens is 4. The van der Waals surface area contributed by atoms with Crippen molar-refractivity contribution in [2.24, 2.45) is 10.8 Å². The Morgan fingerprint density at radius 1 is 0.979 bits per heavy atom. The Morgan fingerprint density at radius 3 is 2.29 bits per heavy atom. The molecular weight excluding hydrogens is 627 g/mol. The van der Waals surface area contributed by atoms with Gasteiger partial charge < -0.3 is 14.5 Å². The summed E-state index contributed by atoms with van der Waals surface area (Å²) in [7, 11) is -4.17. The van der Waals surface area contributed by atoms with Crippen LogP contribution in [0.3, 0.4) is 0 Å². The molecule has 1 saturated heterocycles. The summed E-state index contributed by atoms with van der Waals surface area (Å²) in [6.45, 7) is 16.8. The number of benzene rings is 2. The molecule has 1 atom stereocenters. The van der Waals surface area contributed by atoms with Crippen molar-refractivity contribution in [2.45, 2.75) is 72.4 Å². The smallest absolute Gasteiger partial charge is 0.264 e. The molecule has 252 valence electrons. The molecular formula is C36H43N7O4S. The first-order valence-corrected chi connectivity index (χ1v) is 17.6. The van der Waals surface area contributed by atoms with E-state index in [1.807, 2.05) is 32.0 Å². The van der Waals surface area contributed by atoms with Crippen molar-refractivity contribution >= 4 is 27.6 Å². The van der Waals surface area contributed by atoms with Gasteiger partial charge >= 0.3 is 0 Å². The molecule has 0 radical (unpaired) electrons. The highest BCUT2D eigenvalue weighted by molar-refractivity contribution is 7.92. The van der Waals surface area contributed by atoms with Gasteiger partial charge in [-0.2, -0.15) is 4.98 Å². The summed E-state index contributed by atoms with van der Waals surface area (Å²) in [6, 6.07) is 13.2. The zero-order valence-electron chi connectivity index (χ0n) is 28.6. The SMILES string of the molecule is Cc1cccc(C)c1-c1cc2nc(n1)NS(=O)(=O)c1cccc(c1)C(=O)N(Cc1ncc(N3CC(C)(C)C3)cn1)[C@H](CC(C)(C)C)CO2. The van der Waals surface area contributed by atoms with Gasteiger partial charge in [0.2, 0.25) is 11.8 Å². The molecule has 2 aliphatic rings. The molecule has 0 aliphatic carbocycles. The van der Waals surface area contributed by atoms with Crippen molar-refractivity contribution in [3.8, 4) is 17.1 Å². The lowest BCUT2D eigenvalue weighted by atomic mass is 9.84. The lowest BCUT2D eigenvalue weighted by Crippen LogP contribution is -2.53. The van der Waals surface area contributed by atoms with E-state index in [1.165, 1.54) is 12.1 Å². The van der Waals surface area contributed by atoms with E-state index in [2.05, 4.69) is 64.2 Å². The van der Waals surface area contributed by atoms with E-state index in [0.29, 0.717) is 17.9 Å². The number of nitrogens with zero attached hydrogens (tertiary/aromatic N) is 6. The van der Waals surface area contributed by atoms with Crippen LogP contribution < -0.4 is 14.4 Å². The molecule has 6 rings (SSSR count). The maximum atomic E-state index is 14.4. The summed E-state index contributed by atoms with van der Waals surface area (Å²) in [5, 5.41) is 0. The first-order chi connectivity index (χ1) is 22.6. The number of anilines is 2. The molecule has 4 heterocycles. The molecule has 2 aromatic carbocycles. The van der Waals surface area contributed by atoms with E-state index < -0.39 is 16.1 Å². The summed E-state index contributed by atoms with van der Waals surface area (Å²) < 4.78 is 36.2. The molecule has 4 aromatic rings. The second-order valence-corrected chi connectivity index (χ2v) is 16.5. The topological polar surface area (TPSA) is 131 Å². The van der Waals surface area contributed by atoms with Crippen LogP contribution in [0.4, 0.5) is 11.6 Å². The average molecular weight is 670 g/mol. The van der Waals surface area contributed by atoms with Gasteiger partial charge in [-0.15, -0.1) is 0 Å². The summed E-state index contributed by atoms with van der Waals surface area (Å²) in [5.74, 6) is 0.192. The van der Waals surface area contributed by atoms with Crippen LogP contribution in [0.15, 0.2) is 65.8 Å². The highest BCUT2D eigenvalue weighted by Gasteiger charge is 2.35. The number of carbonyl (C=O) groups is 1. The van der Waals surface area contributed by atoms with Gasteiger partial charge in [0.15, 0.2) is 0 Å². The second kappa shape index (κ2) is 12.5. The third-order valence-electron chi connectivity index (χ3n) is 8.64. The van der Waals surface area contributed by atoms with Crippen LogP contribution in [-0.2, 0) is 16.6 Å². The van der Waals surface area contributed by atoms with Crippen molar-refractivity contribution in [3.05, 3.63) is 83.4 Å². The number of nitrogens with one attached hydrogen (secondary N) is 1. The van der Waals surface area contributed by atoms with Crippen molar-refractivity contribution in [1.29, 1.82) is 0 Å². The standard InChI is InChI=1S/C36H43N7O4S/c1-23-10-8-11-24(2)32(23)29-15-31-40-34(39-29)41-48(45,46)28-13-9-12-25(14-28)33(44)43(26(20-47-31)16-35(3,4)5)19-30-37-17-27(18-38-30)42-21-36(6,7)22-42/h8-15,17-18,26H,16,19-22H2,1-7H3,(H,39,40,41)/t26-/m1/s1. The van der Waals surface area contributed by atoms with Crippen molar-refractivity contribution < 1.29 is 17.9 Å². The van der Waals surface area contributed by atoms with Crippen molar-refractivity contribution in [1.82, 2.24) is 24.8 Å². The van der Waals surface area contributed by atoms with Crippen LogP contribution in [0.1, 0.15) is 68.3 Å². The predicted octanol–water partition coefficient (Wildman–Crippen LogP) is 6.04. The number of aryl methyl sites for hydroxylation is 2. The molecule has 1 amide bonds. The molecule has 2 aromatic heterocycles. The second-order valence-electron chi connectivity index (χ2n) is 14.9. The molecule has 1 N–H and O–H groups in total. The molecule has 0 unspecified atom stereocenters. The largest absolute Gasteiger partial charge is 0.475 e. The molecule has 2 aliphatic heterocycles. The normalized spacial score (nSPS) is 18.8. The van der Waals surface area contributed by atoms with Gasteiger partial charge in [-0.05, 0) is 60.4 Å². The zero-order chi connectivity index (χ0) is 34.4. The van der Waals surface area contributed by atoms with E-state index in [-0.39, 0.29) is 52.2 Å². The first kappa shape index (κ1) is 33.3. The fourth-order valence-electron chi connectivity index (χ4n) is 6.46. The quantitative estimate of drug-likeness (QED) is 0.270. The summed E-state index contributed by atoms with van der Waals surface area (Å²) >= 11 is 0.